The molecule has 118 valence electrons. The molecule has 21 heavy (non-hydrogen) atoms. The topological polar surface area (TPSA) is 89.3 Å². The Morgan fingerprint density at radius 3 is 2.29 bits per heavy atom. The number of benzene rings is 1. The molecule has 0 heterocycles. The molecule has 0 saturated heterocycles. The number of primary sulfonamides is 1. The maximum absolute atomic E-state index is 12.3. The zero-order valence-electron chi connectivity index (χ0n) is 13.2. The van der Waals surface area contributed by atoms with E-state index >= 15 is 0 Å². The van der Waals surface area contributed by atoms with Gasteiger partial charge in [-0.05, 0) is 56.4 Å². The average molecular weight is 312 g/mol. The molecule has 1 aromatic rings. The Bertz CT molecular complexity index is 637. The molecule has 1 rings (SSSR count). The third kappa shape index (κ3) is 4.82. The lowest BCUT2D eigenvalue weighted by Crippen LogP contribution is -2.34. The molecule has 6 heteroatoms. The fourth-order valence-electron chi connectivity index (χ4n) is 2.29. The Kier molecular flexibility index (Phi) is 5.53. The Morgan fingerprint density at radius 1 is 1.24 bits per heavy atom. The summed E-state index contributed by atoms with van der Waals surface area (Å²) in [5.74, 6) is 0.202. The molecule has 0 radical (unpaired) electrons. The van der Waals surface area contributed by atoms with Crippen molar-refractivity contribution in [2.75, 3.05) is 0 Å². The van der Waals surface area contributed by atoms with E-state index in [0.717, 1.165) is 17.5 Å². The number of nitrogens with one attached hydrogen (secondary N) is 1. The van der Waals surface area contributed by atoms with Gasteiger partial charge in [-0.3, -0.25) is 4.79 Å². The van der Waals surface area contributed by atoms with Crippen LogP contribution in [0.4, 0.5) is 0 Å². The van der Waals surface area contributed by atoms with Gasteiger partial charge in [-0.2, -0.15) is 0 Å². The molecule has 0 aromatic heterocycles. The second-order valence-corrected chi connectivity index (χ2v) is 7.52. The van der Waals surface area contributed by atoms with Crippen molar-refractivity contribution in [2.45, 2.75) is 52.0 Å². The van der Waals surface area contributed by atoms with Crippen molar-refractivity contribution in [3.05, 3.63) is 28.8 Å². The molecule has 1 amide bonds. The normalized spacial score (nSPS) is 13.3. The van der Waals surface area contributed by atoms with Crippen LogP contribution in [0.1, 0.15) is 48.7 Å². The summed E-state index contributed by atoms with van der Waals surface area (Å²) in [5.41, 5.74) is 1.84. The molecule has 0 saturated carbocycles. The lowest BCUT2D eigenvalue weighted by molar-refractivity contribution is 0.0935. The van der Waals surface area contributed by atoms with Gasteiger partial charge in [0.1, 0.15) is 0 Å². The van der Waals surface area contributed by atoms with Crippen molar-refractivity contribution in [1.29, 1.82) is 0 Å². The highest BCUT2D eigenvalue weighted by molar-refractivity contribution is 7.89. The number of hydrogen-bond acceptors (Lipinski definition) is 3. The summed E-state index contributed by atoms with van der Waals surface area (Å²) in [7, 11) is -3.83. The van der Waals surface area contributed by atoms with Crippen LogP contribution in [0.25, 0.3) is 0 Å². The first-order valence-corrected chi connectivity index (χ1v) is 8.52. The first-order chi connectivity index (χ1) is 9.52. The van der Waals surface area contributed by atoms with Crippen molar-refractivity contribution in [1.82, 2.24) is 5.32 Å². The Morgan fingerprint density at radius 2 is 1.81 bits per heavy atom. The largest absolute Gasteiger partial charge is 0.350 e. The van der Waals surface area contributed by atoms with Crippen LogP contribution in [0.3, 0.4) is 0 Å². The number of rotatable bonds is 5. The molecule has 0 fully saturated rings. The van der Waals surface area contributed by atoms with Crippen molar-refractivity contribution in [2.24, 2.45) is 11.1 Å². The van der Waals surface area contributed by atoms with Crippen LogP contribution in [0.15, 0.2) is 17.0 Å². The van der Waals surface area contributed by atoms with Gasteiger partial charge >= 0.3 is 0 Å². The number of aryl methyl sites for hydroxylation is 1. The number of carbonyl (C=O) groups is 1. The van der Waals surface area contributed by atoms with Gasteiger partial charge < -0.3 is 5.32 Å². The Labute approximate surface area is 127 Å². The van der Waals surface area contributed by atoms with Crippen molar-refractivity contribution >= 4 is 15.9 Å². The standard InChI is InChI=1S/C15H24N2O3S/c1-9(2)6-11(4)17-15(18)14-8-13(21(16,19)20)7-10(3)12(14)5/h7-9,11H,6H2,1-5H3,(H,17,18)(H2,16,19,20). The maximum atomic E-state index is 12.3. The van der Waals surface area contributed by atoms with Gasteiger partial charge in [-0.15, -0.1) is 0 Å². The molecular weight excluding hydrogens is 288 g/mol. The highest BCUT2D eigenvalue weighted by atomic mass is 32.2. The van der Waals surface area contributed by atoms with Crippen molar-refractivity contribution in [3.8, 4) is 0 Å². The molecule has 1 atom stereocenters. The summed E-state index contributed by atoms with van der Waals surface area (Å²) in [5, 5.41) is 8.05. The molecule has 0 spiro atoms. The Balaban J connectivity index is 3.12. The number of amides is 1. The first kappa shape index (κ1) is 17.7. The lowest BCUT2D eigenvalue weighted by atomic mass is 10.0. The lowest BCUT2D eigenvalue weighted by Gasteiger charge is -2.18. The predicted molar refractivity (Wildman–Crippen MR) is 83.7 cm³/mol. The highest BCUT2D eigenvalue weighted by Crippen LogP contribution is 2.19. The molecule has 0 aliphatic rings. The minimum Gasteiger partial charge on any atom is -0.350 e. The van der Waals surface area contributed by atoms with Gasteiger partial charge in [0.2, 0.25) is 10.0 Å². The summed E-state index contributed by atoms with van der Waals surface area (Å²) in [6, 6.07) is 2.85. The predicted octanol–water partition coefficient (Wildman–Crippen LogP) is 2.12. The van der Waals surface area contributed by atoms with Gasteiger partial charge in [-0.25, -0.2) is 13.6 Å². The van der Waals surface area contributed by atoms with Crippen LogP contribution in [0.5, 0.6) is 0 Å². The van der Waals surface area contributed by atoms with E-state index < -0.39 is 10.0 Å². The monoisotopic (exact) mass is 312 g/mol. The summed E-state index contributed by atoms with van der Waals surface area (Å²) in [6.45, 7) is 9.66. The third-order valence-electron chi connectivity index (χ3n) is 3.42. The molecule has 0 bridgehead atoms. The van der Waals surface area contributed by atoms with Gasteiger partial charge in [0.25, 0.3) is 5.91 Å². The van der Waals surface area contributed by atoms with Gasteiger partial charge in [0.15, 0.2) is 0 Å². The molecule has 1 aromatic carbocycles. The molecule has 0 aliphatic carbocycles. The number of hydrogen-bond donors (Lipinski definition) is 2. The number of nitrogens with two attached hydrogens (primary N) is 1. The van der Waals surface area contributed by atoms with E-state index in [-0.39, 0.29) is 16.8 Å². The molecule has 0 aliphatic heterocycles. The minimum absolute atomic E-state index is 0.0235. The van der Waals surface area contributed by atoms with E-state index in [9.17, 15) is 13.2 Å². The molecular formula is C15H24N2O3S. The Hall–Kier alpha value is -1.40. The number of sulfonamides is 1. The van der Waals surface area contributed by atoms with Crippen molar-refractivity contribution < 1.29 is 13.2 Å². The summed E-state index contributed by atoms with van der Waals surface area (Å²) in [4.78, 5) is 12.3. The van der Waals surface area contributed by atoms with E-state index in [1.165, 1.54) is 12.1 Å². The fraction of sp³-hybridized carbons (Fsp3) is 0.533. The van der Waals surface area contributed by atoms with E-state index in [1.54, 1.807) is 13.8 Å². The molecule has 3 N–H and O–H groups in total. The minimum atomic E-state index is -3.83. The van der Waals surface area contributed by atoms with E-state index in [4.69, 9.17) is 5.14 Å². The number of carbonyl (C=O) groups excluding carboxylic acids is 1. The van der Waals surface area contributed by atoms with Crippen LogP contribution in [0, 0.1) is 19.8 Å². The van der Waals surface area contributed by atoms with Crippen LogP contribution in [0.2, 0.25) is 0 Å². The zero-order chi connectivity index (χ0) is 16.4. The SMILES string of the molecule is Cc1cc(S(N)(=O)=O)cc(C(=O)NC(C)CC(C)C)c1C. The quantitative estimate of drug-likeness (QED) is 0.872. The average Bonchev–Trinajstić information content (AvgIpc) is 2.29. The second-order valence-electron chi connectivity index (χ2n) is 5.96. The van der Waals surface area contributed by atoms with E-state index in [1.807, 2.05) is 6.92 Å². The fourth-order valence-corrected chi connectivity index (χ4v) is 2.92. The third-order valence-corrected chi connectivity index (χ3v) is 4.31. The smallest absolute Gasteiger partial charge is 0.251 e. The van der Waals surface area contributed by atoms with Gasteiger partial charge in [0.05, 0.1) is 4.90 Å². The zero-order valence-corrected chi connectivity index (χ0v) is 14.0. The van der Waals surface area contributed by atoms with Crippen LogP contribution in [-0.2, 0) is 10.0 Å². The van der Waals surface area contributed by atoms with Gasteiger partial charge in [0, 0.05) is 11.6 Å². The van der Waals surface area contributed by atoms with E-state index in [2.05, 4.69) is 19.2 Å². The summed E-state index contributed by atoms with van der Waals surface area (Å²) in [6.07, 6.45) is 0.860. The van der Waals surface area contributed by atoms with Gasteiger partial charge in [-0.1, -0.05) is 13.8 Å². The van der Waals surface area contributed by atoms with Crippen LogP contribution < -0.4 is 10.5 Å². The second kappa shape index (κ2) is 6.58. The highest BCUT2D eigenvalue weighted by Gasteiger charge is 2.18. The molecule has 5 nitrogen and oxygen atoms in total. The van der Waals surface area contributed by atoms with E-state index in [0.29, 0.717) is 11.5 Å². The first-order valence-electron chi connectivity index (χ1n) is 6.97. The van der Waals surface area contributed by atoms with Crippen molar-refractivity contribution in [3.63, 3.8) is 0 Å². The maximum Gasteiger partial charge on any atom is 0.251 e. The molecule has 1 unspecified atom stereocenters. The van der Waals surface area contributed by atoms with Crippen LogP contribution >= 0.6 is 0 Å². The summed E-state index contributed by atoms with van der Waals surface area (Å²) >= 11 is 0. The van der Waals surface area contributed by atoms with Crippen LogP contribution in [-0.4, -0.2) is 20.4 Å². The summed E-state index contributed by atoms with van der Waals surface area (Å²) < 4.78 is 23.0.